The van der Waals surface area contributed by atoms with Crippen LogP contribution in [0.2, 0.25) is 0 Å². The molecule has 6 rings (SSSR count). The highest BCUT2D eigenvalue weighted by atomic mass is 19.1. The molecule has 0 fully saturated rings. The number of aryl methyl sites for hydroxylation is 1. The summed E-state index contributed by atoms with van der Waals surface area (Å²) in [6, 6.07) is 28.2. The third kappa shape index (κ3) is 6.66. The van der Waals surface area contributed by atoms with Crippen LogP contribution in [0.1, 0.15) is 43.4 Å². The van der Waals surface area contributed by atoms with Crippen LogP contribution in [0.25, 0.3) is 33.1 Å². The zero-order chi connectivity index (χ0) is 33.8. The summed E-state index contributed by atoms with van der Waals surface area (Å²) in [6.07, 6.45) is 1.57. The Morgan fingerprint density at radius 1 is 0.938 bits per heavy atom. The molecule has 0 aliphatic rings. The van der Waals surface area contributed by atoms with Crippen molar-refractivity contribution in [3.8, 4) is 22.9 Å². The smallest absolute Gasteiger partial charge is 0.282 e. The van der Waals surface area contributed by atoms with Crippen molar-refractivity contribution < 1.29 is 18.7 Å². The number of carbonyl (C=O) groups is 1. The molecule has 8 nitrogen and oxygen atoms in total. The van der Waals surface area contributed by atoms with Crippen LogP contribution in [-0.4, -0.2) is 35.0 Å². The average molecular weight is 643 g/mol. The molecular weight excluding hydrogens is 607 g/mol. The lowest BCUT2D eigenvalue weighted by Crippen LogP contribution is -2.21. The Labute approximate surface area is 277 Å². The van der Waals surface area contributed by atoms with Gasteiger partial charge in [0.05, 0.1) is 23.7 Å². The van der Waals surface area contributed by atoms with E-state index in [1.807, 2.05) is 68.4 Å². The van der Waals surface area contributed by atoms with E-state index in [4.69, 9.17) is 19.6 Å². The van der Waals surface area contributed by atoms with Gasteiger partial charge in [-0.05, 0) is 90.2 Å². The van der Waals surface area contributed by atoms with E-state index in [1.54, 1.807) is 30.5 Å². The molecule has 0 atom stereocenters. The van der Waals surface area contributed by atoms with E-state index in [0.717, 1.165) is 33.2 Å². The van der Waals surface area contributed by atoms with E-state index in [2.05, 4.69) is 19.2 Å². The molecule has 0 spiro atoms. The van der Waals surface area contributed by atoms with Gasteiger partial charge in [-0.3, -0.25) is 9.59 Å². The summed E-state index contributed by atoms with van der Waals surface area (Å²) < 4.78 is 26.9. The Morgan fingerprint density at radius 2 is 1.71 bits per heavy atom. The molecule has 242 valence electrons. The highest BCUT2D eigenvalue weighted by Crippen LogP contribution is 2.34. The first-order chi connectivity index (χ1) is 23.2. The van der Waals surface area contributed by atoms with Gasteiger partial charge in [-0.15, -0.1) is 0 Å². The number of fused-ring (bicyclic) bond motifs is 2. The van der Waals surface area contributed by atoms with Gasteiger partial charge in [0.15, 0.2) is 12.4 Å². The fourth-order valence-electron chi connectivity index (χ4n) is 5.63. The molecule has 1 heterocycles. The van der Waals surface area contributed by atoms with Gasteiger partial charge in [-0.1, -0.05) is 62.4 Å². The van der Waals surface area contributed by atoms with Crippen molar-refractivity contribution in [1.82, 2.24) is 9.66 Å². The van der Waals surface area contributed by atoms with Crippen molar-refractivity contribution in [2.75, 3.05) is 18.5 Å². The van der Waals surface area contributed by atoms with E-state index >= 15 is 0 Å². The third-order valence-corrected chi connectivity index (χ3v) is 7.97. The van der Waals surface area contributed by atoms with E-state index in [9.17, 15) is 14.0 Å². The lowest BCUT2D eigenvalue weighted by molar-refractivity contribution is -0.118. The molecule has 9 heteroatoms. The van der Waals surface area contributed by atoms with Crippen LogP contribution >= 0.6 is 0 Å². The quantitative estimate of drug-likeness (QED) is 0.153. The summed E-state index contributed by atoms with van der Waals surface area (Å²) in [5.74, 6) is 0.805. The highest BCUT2D eigenvalue weighted by molar-refractivity contribution is 6.03. The molecule has 0 saturated heterocycles. The van der Waals surface area contributed by atoms with Crippen LogP contribution < -0.4 is 20.3 Å². The Morgan fingerprint density at radius 3 is 2.48 bits per heavy atom. The van der Waals surface area contributed by atoms with E-state index < -0.39 is 11.7 Å². The molecule has 0 unspecified atom stereocenters. The predicted molar refractivity (Wildman–Crippen MR) is 189 cm³/mol. The van der Waals surface area contributed by atoms with Crippen molar-refractivity contribution in [3.05, 3.63) is 130 Å². The molecule has 1 aromatic heterocycles. The van der Waals surface area contributed by atoms with Gasteiger partial charge >= 0.3 is 0 Å². The average Bonchev–Trinajstić information content (AvgIpc) is 3.07. The van der Waals surface area contributed by atoms with Crippen LogP contribution in [0.4, 0.5) is 10.1 Å². The first-order valence-corrected chi connectivity index (χ1v) is 15.8. The lowest BCUT2D eigenvalue weighted by atomic mass is 9.96. The zero-order valence-corrected chi connectivity index (χ0v) is 27.2. The Kier molecular flexibility index (Phi) is 9.29. The Balaban J connectivity index is 1.46. The normalized spacial score (nSPS) is 11.5. The minimum absolute atomic E-state index is 0.156. The molecule has 0 aliphatic carbocycles. The SMILES string of the molecule is CCOc1cc(C)c(-c2nc3ccccc3c(=O)n2N=Cc2c(OCC(=O)Nc3cccc(F)c3)ccc3ccccc23)cc1C(C)C. The van der Waals surface area contributed by atoms with Crippen LogP contribution in [0.5, 0.6) is 11.5 Å². The number of amides is 1. The number of nitrogens with zero attached hydrogens (tertiary/aromatic N) is 3. The highest BCUT2D eigenvalue weighted by Gasteiger charge is 2.19. The van der Waals surface area contributed by atoms with Gasteiger partial charge < -0.3 is 14.8 Å². The molecule has 0 radical (unpaired) electrons. The molecular formula is C39H35FN4O4. The molecule has 1 N–H and O–H groups in total. The first-order valence-electron chi connectivity index (χ1n) is 15.8. The van der Waals surface area contributed by atoms with Gasteiger partial charge in [0.25, 0.3) is 11.5 Å². The van der Waals surface area contributed by atoms with Crippen LogP contribution in [-0.2, 0) is 4.79 Å². The number of halogens is 1. The summed E-state index contributed by atoms with van der Waals surface area (Å²) in [7, 11) is 0. The van der Waals surface area contributed by atoms with Gasteiger partial charge in [0.1, 0.15) is 17.3 Å². The number of nitrogens with one attached hydrogen (secondary N) is 1. The van der Waals surface area contributed by atoms with Crippen LogP contribution in [0.3, 0.4) is 0 Å². The number of aromatic nitrogens is 2. The first kappa shape index (κ1) is 32.1. The van der Waals surface area contributed by atoms with Gasteiger partial charge in [-0.25, -0.2) is 9.37 Å². The molecule has 0 aliphatic heterocycles. The fraction of sp³-hybridized carbons (Fsp3) is 0.179. The van der Waals surface area contributed by atoms with Crippen molar-refractivity contribution in [1.29, 1.82) is 0 Å². The molecule has 0 bridgehead atoms. The minimum atomic E-state index is -0.458. The number of ether oxygens (including phenoxy) is 2. The summed E-state index contributed by atoms with van der Waals surface area (Å²) in [4.78, 5) is 31.8. The summed E-state index contributed by atoms with van der Waals surface area (Å²) in [5.41, 5.74) is 3.76. The zero-order valence-electron chi connectivity index (χ0n) is 27.2. The van der Waals surface area contributed by atoms with Crippen molar-refractivity contribution >= 4 is 39.5 Å². The maximum Gasteiger partial charge on any atom is 0.282 e. The topological polar surface area (TPSA) is 94.8 Å². The number of anilines is 1. The summed E-state index contributed by atoms with van der Waals surface area (Å²) in [5, 5.41) is 9.56. The molecule has 1 amide bonds. The van der Waals surface area contributed by atoms with Crippen molar-refractivity contribution in [2.45, 2.75) is 33.6 Å². The van der Waals surface area contributed by atoms with E-state index in [1.165, 1.54) is 22.9 Å². The van der Waals surface area contributed by atoms with Gasteiger partial charge in [0, 0.05) is 16.8 Å². The molecule has 6 aromatic rings. The predicted octanol–water partition coefficient (Wildman–Crippen LogP) is 8.09. The van der Waals surface area contributed by atoms with E-state index in [0.29, 0.717) is 40.3 Å². The number of hydrogen-bond donors (Lipinski definition) is 1. The second-order valence-electron chi connectivity index (χ2n) is 11.7. The number of carbonyl (C=O) groups excluding carboxylic acids is 1. The number of hydrogen-bond acceptors (Lipinski definition) is 6. The largest absolute Gasteiger partial charge is 0.494 e. The molecule has 0 saturated carbocycles. The molecule has 5 aromatic carbocycles. The van der Waals surface area contributed by atoms with Gasteiger partial charge in [-0.2, -0.15) is 9.78 Å². The standard InChI is InChI=1S/C39H35FN4O4/c1-5-47-36-19-25(4)32(21-31(36)24(2)3)38-43-34-16-9-8-15-30(34)39(46)44(38)41-22-33-29-14-7-6-11-26(29)17-18-35(33)48-23-37(45)42-28-13-10-12-27(40)20-28/h6-22,24H,5,23H2,1-4H3,(H,42,45). The van der Waals surface area contributed by atoms with Gasteiger partial charge in [0.2, 0.25) is 0 Å². The Hall–Kier alpha value is -5.83. The molecule has 48 heavy (non-hydrogen) atoms. The monoisotopic (exact) mass is 642 g/mol. The third-order valence-electron chi connectivity index (χ3n) is 7.97. The second kappa shape index (κ2) is 13.9. The maximum absolute atomic E-state index is 14.1. The van der Waals surface area contributed by atoms with Crippen molar-refractivity contribution in [3.63, 3.8) is 0 Å². The fourth-order valence-corrected chi connectivity index (χ4v) is 5.63. The lowest BCUT2D eigenvalue weighted by Gasteiger charge is -2.18. The minimum Gasteiger partial charge on any atom is -0.494 e. The van der Waals surface area contributed by atoms with Crippen LogP contribution in [0.15, 0.2) is 107 Å². The van der Waals surface area contributed by atoms with Crippen LogP contribution in [0, 0.1) is 12.7 Å². The number of para-hydroxylation sites is 1. The maximum atomic E-state index is 14.1. The number of benzene rings is 5. The second-order valence-corrected chi connectivity index (χ2v) is 11.7. The summed E-state index contributed by atoms with van der Waals surface area (Å²) in [6.45, 7) is 8.30. The van der Waals surface area contributed by atoms with Crippen molar-refractivity contribution in [2.24, 2.45) is 5.10 Å². The van der Waals surface area contributed by atoms with E-state index in [-0.39, 0.29) is 18.1 Å². The summed E-state index contributed by atoms with van der Waals surface area (Å²) >= 11 is 0. The number of rotatable bonds is 10. The Bertz CT molecular complexity index is 2240.